The molecule has 11 nitrogen and oxygen atoms in total. The molecular formula is C38H39ClN8O3S. The molecule has 6 aromatic rings. The largest absolute Gasteiger partial charge is 0.506 e. The minimum absolute atomic E-state index is 0.0283. The molecule has 7 rings (SSSR count). The van der Waals surface area contributed by atoms with E-state index in [1.807, 2.05) is 46.9 Å². The Morgan fingerprint density at radius 2 is 1.76 bits per heavy atom. The Kier molecular flexibility index (Phi) is 10.0. The number of pyridine rings is 1. The van der Waals surface area contributed by atoms with E-state index in [2.05, 4.69) is 77.0 Å². The number of aromatic hydroxyl groups is 1. The van der Waals surface area contributed by atoms with Gasteiger partial charge in [-0.25, -0.2) is 9.48 Å². The van der Waals surface area contributed by atoms with Crippen LogP contribution in [0, 0.1) is 0 Å². The van der Waals surface area contributed by atoms with E-state index in [0.29, 0.717) is 18.1 Å². The number of carbonyl (C=O) groups is 1. The van der Waals surface area contributed by atoms with Crippen molar-refractivity contribution >= 4 is 40.9 Å². The fourth-order valence-corrected chi connectivity index (χ4v) is 6.92. The average Bonchev–Trinajstić information content (AvgIpc) is 3.75. The second kappa shape index (κ2) is 14.8. The number of ether oxygens (including phenoxy) is 1. The zero-order chi connectivity index (χ0) is 35.5. The number of phenolic OH excluding ortho intramolecular Hbond substituents is 1. The maximum atomic E-state index is 13.3. The normalized spacial score (nSPS) is 13.8. The highest BCUT2D eigenvalue weighted by atomic mass is 35.5. The van der Waals surface area contributed by atoms with Crippen molar-refractivity contribution in [3.8, 4) is 22.8 Å². The lowest BCUT2D eigenvalue weighted by atomic mass is 9.92. The number of hydrogen-bond acceptors (Lipinski definition) is 8. The van der Waals surface area contributed by atoms with Gasteiger partial charge in [0.2, 0.25) is 0 Å². The SMILES string of the molecule is CC(C)(C)c1cc(NC(=O)NCc2ccccc2Sc2ccc3nnc(-c4ccc(CN5CCOCC5)cc4)n3c2)n(-c2ccc(O)c(Cl)c2)n1. The Morgan fingerprint density at radius 3 is 2.53 bits per heavy atom. The summed E-state index contributed by atoms with van der Waals surface area (Å²) in [4.78, 5) is 17.7. The van der Waals surface area contributed by atoms with Crippen LogP contribution >= 0.6 is 23.4 Å². The summed E-state index contributed by atoms with van der Waals surface area (Å²) in [5.74, 6) is 1.23. The first-order chi connectivity index (χ1) is 24.6. The van der Waals surface area contributed by atoms with Gasteiger partial charge in [-0.1, -0.05) is 86.6 Å². The Morgan fingerprint density at radius 1 is 0.980 bits per heavy atom. The van der Waals surface area contributed by atoms with Gasteiger partial charge in [0.1, 0.15) is 11.6 Å². The van der Waals surface area contributed by atoms with Crippen molar-refractivity contribution in [2.45, 2.75) is 49.1 Å². The lowest BCUT2D eigenvalue weighted by Crippen LogP contribution is -2.35. The number of aromatic nitrogens is 5. The fourth-order valence-electron chi connectivity index (χ4n) is 5.78. The van der Waals surface area contributed by atoms with Crippen LogP contribution in [0.4, 0.5) is 10.6 Å². The predicted octanol–water partition coefficient (Wildman–Crippen LogP) is 7.54. The lowest BCUT2D eigenvalue weighted by Gasteiger charge is -2.26. The maximum Gasteiger partial charge on any atom is 0.320 e. The van der Waals surface area contributed by atoms with Gasteiger partial charge in [-0.2, -0.15) is 5.10 Å². The number of anilines is 1. The molecule has 51 heavy (non-hydrogen) atoms. The van der Waals surface area contributed by atoms with Gasteiger partial charge in [0, 0.05) is 59.2 Å². The summed E-state index contributed by atoms with van der Waals surface area (Å²) in [6.07, 6.45) is 2.05. The fraction of sp³-hybridized carbons (Fsp3) is 0.263. The minimum atomic E-state index is -0.382. The molecule has 2 amide bonds. The van der Waals surface area contributed by atoms with E-state index < -0.39 is 0 Å². The third-order valence-electron chi connectivity index (χ3n) is 8.63. The number of urea groups is 1. The van der Waals surface area contributed by atoms with Crippen LogP contribution in [0.1, 0.15) is 37.6 Å². The zero-order valence-corrected chi connectivity index (χ0v) is 30.2. The van der Waals surface area contributed by atoms with Crippen LogP contribution in [-0.4, -0.2) is 66.7 Å². The molecule has 1 aliphatic rings. The van der Waals surface area contributed by atoms with Gasteiger partial charge in [-0.3, -0.25) is 14.6 Å². The number of hydrogen-bond donors (Lipinski definition) is 3. The molecular weight excluding hydrogens is 684 g/mol. The second-order valence-electron chi connectivity index (χ2n) is 13.4. The smallest absolute Gasteiger partial charge is 0.320 e. The third kappa shape index (κ3) is 8.04. The summed E-state index contributed by atoms with van der Waals surface area (Å²) in [7, 11) is 0. The maximum absolute atomic E-state index is 13.3. The number of nitrogens with zero attached hydrogens (tertiary/aromatic N) is 6. The van der Waals surface area contributed by atoms with Crippen molar-refractivity contribution in [2.24, 2.45) is 0 Å². The first kappa shape index (κ1) is 34.6. The van der Waals surface area contributed by atoms with E-state index in [1.54, 1.807) is 28.6 Å². The summed E-state index contributed by atoms with van der Waals surface area (Å²) in [5.41, 5.74) is 5.12. The topological polar surface area (TPSA) is 122 Å². The molecule has 3 N–H and O–H groups in total. The van der Waals surface area contributed by atoms with Crippen LogP contribution in [0.5, 0.6) is 5.75 Å². The quantitative estimate of drug-likeness (QED) is 0.140. The molecule has 0 unspecified atom stereocenters. The van der Waals surface area contributed by atoms with Gasteiger partial charge in [0.25, 0.3) is 0 Å². The van der Waals surface area contributed by atoms with Gasteiger partial charge in [-0.05, 0) is 47.5 Å². The average molecular weight is 723 g/mol. The number of fused-ring (bicyclic) bond motifs is 1. The number of nitrogens with one attached hydrogen (secondary N) is 2. The van der Waals surface area contributed by atoms with Crippen molar-refractivity contribution in [1.82, 2.24) is 34.6 Å². The summed E-state index contributed by atoms with van der Waals surface area (Å²) in [5, 5.41) is 29.7. The summed E-state index contributed by atoms with van der Waals surface area (Å²) >= 11 is 7.81. The van der Waals surface area contributed by atoms with Gasteiger partial charge in [0.05, 0.1) is 29.6 Å². The van der Waals surface area contributed by atoms with Crippen molar-refractivity contribution in [3.63, 3.8) is 0 Å². The van der Waals surface area contributed by atoms with E-state index in [4.69, 9.17) is 21.4 Å². The van der Waals surface area contributed by atoms with Gasteiger partial charge >= 0.3 is 6.03 Å². The highest BCUT2D eigenvalue weighted by Crippen LogP contribution is 2.33. The molecule has 3 aromatic heterocycles. The van der Waals surface area contributed by atoms with Crippen molar-refractivity contribution in [3.05, 3.63) is 113 Å². The number of benzene rings is 3. The molecule has 0 aliphatic carbocycles. The highest BCUT2D eigenvalue weighted by molar-refractivity contribution is 7.99. The number of rotatable bonds is 9. The predicted molar refractivity (Wildman–Crippen MR) is 200 cm³/mol. The molecule has 4 heterocycles. The van der Waals surface area contributed by atoms with Crippen LogP contribution in [0.25, 0.3) is 22.7 Å². The van der Waals surface area contributed by atoms with E-state index in [9.17, 15) is 9.90 Å². The minimum Gasteiger partial charge on any atom is -0.506 e. The molecule has 0 radical (unpaired) electrons. The lowest BCUT2D eigenvalue weighted by molar-refractivity contribution is 0.0342. The van der Waals surface area contributed by atoms with Crippen LogP contribution in [-0.2, 0) is 23.2 Å². The molecule has 1 saturated heterocycles. The molecule has 3 aromatic carbocycles. The Labute approximate surface area is 305 Å². The molecule has 0 saturated carbocycles. The van der Waals surface area contributed by atoms with Gasteiger partial charge < -0.3 is 15.2 Å². The van der Waals surface area contributed by atoms with Crippen LogP contribution in [0.3, 0.4) is 0 Å². The van der Waals surface area contributed by atoms with Crippen molar-refractivity contribution in [1.29, 1.82) is 0 Å². The number of morpholine rings is 1. The Hall–Kier alpha value is -4.88. The molecule has 262 valence electrons. The van der Waals surface area contributed by atoms with Crippen LogP contribution in [0.2, 0.25) is 5.02 Å². The van der Waals surface area contributed by atoms with Crippen LogP contribution in [0.15, 0.2) is 101 Å². The van der Waals surface area contributed by atoms with Crippen molar-refractivity contribution in [2.75, 3.05) is 31.6 Å². The Balaban J connectivity index is 1.04. The van der Waals surface area contributed by atoms with E-state index in [1.165, 1.54) is 11.6 Å². The van der Waals surface area contributed by atoms with E-state index >= 15 is 0 Å². The molecule has 0 bridgehead atoms. The first-order valence-electron chi connectivity index (χ1n) is 16.7. The monoisotopic (exact) mass is 722 g/mol. The molecule has 0 spiro atoms. The molecule has 1 fully saturated rings. The van der Waals surface area contributed by atoms with Gasteiger partial charge in [0.15, 0.2) is 11.5 Å². The van der Waals surface area contributed by atoms with E-state index in [0.717, 1.165) is 70.9 Å². The number of carbonyl (C=O) groups excluding carboxylic acids is 1. The number of amides is 2. The third-order valence-corrected chi connectivity index (χ3v) is 10.0. The molecule has 13 heteroatoms. The Bertz CT molecular complexity index is 2170. The standard InChI is InChI=1S/C38H39ClN8O3S/c1-38(2,3)33-21-35(47(44-33)28-12-14-31(48)30(39)20-28)41-37(49)40-22-27-6-4-5-7-32(27)51-29-13-15-34-42-43-36(46(34)24-29)26-10-8-25(9-11-26)23-45-16-18-50-19-17-45/h4-15,20-21,24,48H,16-19,22-23H2,1-3H3,(H2,40,41,49). The summed E-state index contributed by atoms with van der Waals surface area (Å²) < 4.78 is 9.11. The van der Waals surface area contributed by atoms with Crippen molar-refractivity contribution < 1.29 is 14.6 Å². The summed E-state index contributed by atoms with van der Waals surface area (Å²) in [6, 6.07) is 26.8. The molecule has 1 aliphatic heterocycles. The van der Waals surface area contributed by atoms with E-state index in [-0.39, 0.29) is 22.2 Å². The number of phenols is 1. The second-order valence-corrected chi connectivity index (χ2v) is 15.0. The highest BCUT2D eigenvalue weighted by Gasteiger charge is 2.22. The molecule has 0 atom stereocenters. The van der Waals surface area contributed by atoms with Gasteiger partial charge in [-0.15, -0.1) is 10.2 Å². The summed E-state index contributed by atoms with van der Waals surface area (Å²) in [6.45, 7) is 10.8. The zero-order valence-electron chi connectivity index (χ0n) is 28.6. The number of halogens is 1. The first-order valence-corrected chi connectivity index (χ1v) is 17.9. The van der Waals surface area contributed by atoms with Crippen LogP contribution < -0.4 is 10.6 Å².